The second kappa shape index (κ2) is 6.27. The zero-order chi connectivity index (χ0) is 14.5. The molecule has 0 aliphatic rings. The Balaban J connectivity index is 2.02. The third-order valence-electron chi connectivity index (χ3n) is 3.07. The average molecular weight is 273 g/mol. The number of nitrogens with zero attached hydrogens (tertiary/aromatic N) is 4. The van der Waals surface area contributed by atoms with Crippen molar-refractivity contribution in [1.82, 2.24) is 25.5 Å². The Bertz CT molecular complexity index is 576. The summed E-state index contributed by atoms with van der Waals surface area (Å²) in [5.41, 5.74) is 2.07. The number of hydrogen-bond donors (Lipinski definition) is 1. The molecule has 0 radical (unpaired) electrons. The van der Waals surface area contributed by atoms with Gasteiger partial charge in [0.25, 0.3) is 0 Å². The van der Waals surface area contributed by atoms with Crippen molar-refractivity contribution in [3.8, 4) is 11.4 Å². The van der Waals surface area contributed by atoms with E-state index in [1.165, 1.54) is 10.4 Å². The van der Waals surface area contributed by atoms with Gasteiger partial charge < -0.3 is 5.32 Å². The quantitative estimate of drug-likeness (QED) is 0.897. The Hall–Kier alpha value is -2.24. The van der Waals surface area contributed by atoms with E-state index >= 15 is 0 Å². The second-order valence-electron chi connectivity index (χ2n) is 4.89. The van der Waals surface area contributed by atoms with Gasteiger partial charge in [-0.1, -0.05) is 36.8 Å². The fraction of sp³-hybridized carbons (Fsp3) is 0.429. The molecule has 0 unspecified atom stereocenters. The molecule has 0 aliphatic carbocycles. The number of carbonyl (C=O) groups is 1. The number of hydrogen-bond acceptors (Lipinski definition) is 4. The maximum absolute atomic E-state index is 11.7. The Morgan fingerprint density at radius 3 is 2.70 bits per heavy atom. The number of rotatable bonds is 5. The molecule has 0 saturated heterocycles. The van der Waals surface area contributed by atoms with Gasteiger partial charge in [0.15, 0.2) is 0 Å². The molecule has 0 saturated carbocycles. The maximum atomic E-state index is 11.7. The molecule has 6 nitrogen and oxygen atoms in total. The molecular formula is C14H19N5O. The predicted molar refractivity (Wildman–Crippen MR) is 75.9 cm³/mol. The summed E-state index contributed by atoms with van der Waals surface area (Å²) in [7, 11) is 0. The van der Waals surface area contributed by atoms with Gasteiger partial charge in [-0.15, -0.1) is 10.2 Å². The largest absolute Gasteiger partial charge is 0.352 e. The lowest BCUT2D eigenvalue weighted by Gasteiger charge is -2.10. The lowest BCUT2D eigenvalue weighted by Crippen LogP contribution is -2.35. The van der Waals surface area contributed by atoms with Crippen LogP contribution < -0.4 is 5.32 Å². The molecule has 1 aromatic carbocycles. The summed E-state index contributed by atoms with van der Waals surface area (Å²) in [6.07, 6.45) is 0.894. The number of tetrazole rings is 1. The van der Waals surface area contributed by atoms with E-state index in [0.29, 0.717) is 5.82 Å². The van der Waals surface area contributed by atoms with Crippen molar-refractivity contribution >= 4 is 5.91 Å². The van der Waals surface area contributed by atoms with Gasteiger partial charge >= 0.3 is 0 Å². The standard InChI is InChI=1S/C14H19N5O/c1-4-11(3)15-13(20)9-19-17-14(16-18-19)12-7-5-10(2)6-8-12/h5-8,11H,4,9H2,1-3H3,(H,15,20)/t11-/m1/s1. The van der Waals surface area contributed by atoms with Gasteiger partial charge in [0.1, 0.15) is 6.54 Å². The second-order valence-corrected chi connectivity index (χ2v) is 4.89. The molecule has 1 amide bonds. The number of carbonyl (C=O) groups excluding carboxylic acids is 1. The van der Waals surface area contributed by atoms with Gasteiger partial charge in [0, 0.05) is 11.6 Å². The molecule has 20 heavy (non-hydrogen) atoms. The van der Waals surface area contributed by atoms with Crippen LogP contribution >= 0.6 is 0 Å². The SMILES string of the molecule is CC[C@@H](C)NC(=O)Cn1nnc(-c2ccc(C)cc2)n1. The molecule has 0 aliphatic heterocycles. The van der Waals surface area contributed by atoms with Crippen molar-refractivity contribution in [3.63, 3.8) is 0 Å². The molecule has 0 bridgehead atoms. The lowest BCUT2D eigenvalue weighted by molar-refractivity contribution is -0.122. The number of nitrogens with one attached hydrogen (secondary N) is 1. The topological polar surface area (TPSA) is 72.7 Å². The highest BCUT2D eigenvalue weighted by Gasteiger charge is 2.10. The summed E-state index contributed by atoms with van der Waals surface area (Å²) in [6, 6.07) is 8.02. The Labute approximate surface area is 118 Å². The Kier molecular flexibility index (Phi) is 4.45. The van der Waals surface area contributed by atoms with Crippen LogP contribution in [0.5, 0.6) is 0 Å². The molecule has 1 heterocycles. The van der Waals surface area contributed by atoms with Crippen LogP contribution in [0, 0.1) is 6.92 Å². The lowest BCUT2D eigenvalue weighted by atomic mass is 10.1. The van der Waals surface area contributed by atoms with Crippen LogP contribution in [0.1, 0.15) is 25.8 Å². The van der Waals surface area contributed by atoms with Crippen LogP contribution in [0.2, 0.25) is 0 Å². The van der Waals surface area contributed by atoms with Gasteiger partial charge in [-0.25, -0.2) is 0 Å². The summed E-state index contributed by atoms with van der Waals surface area (Å²) < 4.78 is 0. The molecule has 2 aromatic rings. The van der Waals surface area contributed by atoms with E-state index in [1.54, 1.807) is 0 Å². The van der Waals surface area contributed by atoms with Crippen LogP contribution in [0.4, 0.5) is 0 Å². The molecule has 0 fully saturated rings. The van der Waals surface area contributed by atoms with E-state index < -0.39 is 0 Å². The Morgan fingerprint density at radius 2 is 2.05 bits per heavy atom. The third-order valence-corrected chi connectivity index (χ3v) is 3.07. The maximum Gasteiger partial charge on any atom is 0.243 e. The summed E-state index contributed by atoms with van der Waals surface area (Å²) in [5.74, 6) is 0.425. The van der Waals surface area contributed by atoms with E-state index in [0.717, 1.165) is 12.0 Å². The smallest absolute Gasteiger partial charge is 0.243 e. The molecule has 1 aromatic heterocycles. The number of aryl methyl sites for hydroxylation is 1. The van der Waals surface area contributed by atoms with Gasteiger partial charge in [0.2, 0.25) is 11.7 Å². The average Bonchev–Trinajstić information content (AvgIpc) is 2.87. The van der Waals surface area contributed by atoms with E-state index in [4.69, 9.17) is 0 Å². The van der Waals surface area contributed by atoms with Crippen molar-refractivity contribution in [2.45, 2.75) is 39.8 Å². The Morgan fingerprint density at radius 1 is 1.35 bits per heavy atom. The van der Waals surface area contributed by atoms with E-state index in [1.807, 2.05) is 45.0 Å². The fourth-order valence-electron chi connectivity index (χ4n) is 1.68. The molecule has 1 N–H and O–H groups in total. The van der Waals surface area contributed by atoms with Gasteiger partial charge in [-0.2, -0.15) is 4.80 Å². The first-order valence-corrected chi connectivity index (χ1v) is 6.72. The van der Waals surface area contributed by atoms with Crippen molar-refractivity contribution in [3.05, 3.63) is 29.8 Å². The predicted octanol–water partition coefficient (Wildman–Crippen LogP) is 1.56. The highest BCUT2D eigenvalue weighted by molar-refractivity contribution is 5.75. The molecule has 6 heteroatoms. The van der Waals surface area contributed by atoms with E-state index in [-0.39, 0.29) is 18.5 Å². The summed E-state index contributed by atoms with van der Waals surface area (Å²) >= 11 is 0. The normalized spacial score (nSPS) is 12.2. The first kappa shape index (κ1) is 14.2. The minimum absolute atomic E-state index is 0.0865. The number of amides is 1. The summed E-state index contributed by atoms with van der Waals surface area (Å²) in [6.45, 7) is 6.09. The number of aromatic nitrogens is 4. The van der Waals surface area contributed by atoms with Gasteiger partial charge in [-0.3, -0.25) is 4.79 Å². The van der Waals surface area contributed by atoms with E-state index in [2.05, 4.69) is 20.7 Å². The van der Waals surface area contributed by atoms with Crippen LogP contribution in [0.3, 0.4) is 0 Å². The highest BCUT2D eigenvalue weighted by atomic mass is 16.2. The first-order valence-electron chi connectivity index (χ1n) is 6.72. The van der Waals surface area contributed by atoms with Crippen LogP contribution in [0.25, 0.3) is 11.4 Å². The molecule has 1 atom stereocenters. The van der Waals surface area contributed by atoms with Crippen LogP contribution in [-0.2, 0) is 11.3 Å². The molecule has 2 rings (SSSR count). The highest BCUT2D eigenvalue weighted by Crippen LogP contribution is 2.13. The molecule has 106 valence electrons. The minimum Gasteiger partial charge on any atom is -0.352 e. The van der Waals surface area contributed by atoms with Crippen molar-refractivity contribution in [2.75, 3.05) is 0 Å². The molecular weight excluding hydrogens is 254 g/mol. The van der Waals surface area contributed by atoms with Crippen LogP contribution in [-0.4, -0.2) is 32.2 Å². The van der Waals surface area contributed by atoms with Gasteiger partial charge in [-0.05, 0) is 25.5 Å². The minimum atomic E-state index is -0.104. The number of benzene rings is 1. The summed E-state index contributed by atoms with van der Waals surface area (Å²) in [5, 5.41) is 15.0. The van der Waals surface area contributed by atoms with E-state index in [9.17, 15) is 4.79 Å². The zero-order valence-electron chi connectivity index (χ0n) is 12.0. The monoisotopic (exact) mass is 273 g/mol. The van der Waals surface area contributed by atoms with Crippen molar-refractivity contribution in [2.24, 2.45) is 0 Å². The van der Waals surface area contributed by atoms with Gasteiger partial charge in [0.05, 0.1) is 0 Å². The third kappa shape index (κ3) is 3.63. The fourth-order valence-corrected chi connectivity index (χ4v) is 1.68. The van der Waals surface area contributed by atoms with Crippen molar-refractivity contribution in [1.29, 1.82) is 0 Å². The van der Waals surface area contributed by atoms with Crippen molar-refractivity contribution < 1.29 is 4.79 Å². The first-order chi connectivity index (χ1) is 9.58. The zero-order valence-corrected chi connectivity index (χ0v) is 12.0. The van der Waals surface area contributed by atoms with Crippen LogP contribution in [0.15, 0.2) is 24.3 Å². The molecule has 0 spiro atoms. The summed E-state index contributed by atoms with van der Waals surface area (Å²) in [4.78, 5) is 13.0.